The van der Waals surface area contributed by atoms with E-state index < -0.39 is 0 Å². The van der Waals surface area contributed by atoms with Crippen molar-refractivity contribution in [3.63, 3.8) is 0 Å². The fourth-order valence-electron chi connectivity index (χ4n) is 3.43. The van der Waals surface area contributed by atoms with Crippen LogP contribution in [0.1, 0.15) is 32.9 Å². The average Bonchev–Trinajstić information content (AvgIpc) is 2.97. The maximum atomic E-state index is 12.6. The highest BCUT2D eigenvalue weighted by Gasteiger charge is 2.33. The minimum atomic E-state index is -0.194. The van der Waals surface area contributed by atoms with Crippen LogP contribution in [-0.2, 0) is 29.0 Å². The van der Waals surface area contributed by atoms with E-state index in [2.05, 4.69) is 15.3 Å². The second-order valence-corrected chi connectivity index (χ2v) is 7.78. The van der Waals surface area contributed by atoms with Crippen molar-refractivity contribution >= 4 is 34.1 Å². The Hall–Kier alpha value is -2.81. The Morgan fingerprint density at radius 2 is 2.15 bits per heavy atom. The lowest BCUT2D eigenvalue weighted by atomic mass is 10.0. The van der Waals surface area contributed by atoms with Crippen LogP contribution in [0.15, 0.2) is 18.6 Å². The maximum absolute atomic E-state index is 12.6. The topological polar surface area (TPSA) is 95.5 Å². The van der Waals surface area contributed by atoms with Crippen molar-refractivity contribution in [2.45, 2.75) is 25.8 Å². The summed E-state index contributed by atoms with van der Waals surface area (Å²) in [4.78, 5) is 49.6. The maximum Gasteiger partial charge on any atom is 0.257 e. The van der Waals surface area contributed by atoms with Gasteiger partial charge in [-0.1, -0.05) is 0 Å². The van der Waals surface area contributed by atoms with Gasteiger partial charge in [0.2, 0.25) is 11.8 Å². The minimum absolute atomic E-state index is 0.0575. The van der Waals surface area contributed by atoms with Crippen molar-refractivity contribution in [3.8, 4) is 0 Å². The molecule has 8 nitrogen and oxygen atoms in total. The van der Waals surface area contributed by atoms with E-state index >= 15 is 0 Å². The van der Waals surface area contributed by atoms with Crippen molar-refractivity contribution < 1.29 is 14.4 Å². The molecular weight excluding hydrogens is 366 g/mol. The molecule has 0 aromatic carbocycles. The van der Waals surface area contributed by atoms with Crippen molar-refractivity contribution in [2.75, 3.05) is 25.5 Å². The number of anilines is 1. The molecule has 0 aliphatic carbocycles. The molecule has 0 atom stereocenters. The van der Waals surface area contributed by atoms with Gasteiger partial charge < -0.3 is 15.1 Å². The smallest absolute Gasteiger partial charge is 0.257 e. The number of likely N-dealkylation sites (N-methyl/N-ethyl adjacent to an activating group) is 1. The molecule has 2 aromatic rings. The fraction of sp³-hybridized carbons (Fsp3) is 0.389. The SMILES string of the molecule is CN1CC(=O)Nc2sc3c(c2C1=O)CCN(C(=O)CCc1cnccn1)C3. The molecule has 0 radical (unpaired) electrons. The Morgan fingerprint density at radius 1 is 1.30 bits per heavy atom. The molecule has 2 aliphatic rings. The van der Waals surface area contributed by atoms with Crippen LogP contribution < -0.4 is 5.32 Å². The van der Waals surface area contributed by atoms with Crippen LogP contribution in [-0.4, -0.2) is 57.6 Å². The summed E-state index contributed by atoms with van der Waals surface area (Å²) in [6.45, 7) is 1.10. The van der Waals surface area contributed by atoms with Gasteiger partial charge in [-0.2, -0.15) is 0 Å². The van der Waals surface area contributed by atoms with Gasteiger partial charge in [0, 0.05) is 43.5 Å². The van der Waals surface area contributed by atoms with E-state index in [0.717, 1.165) is 16.1 Å². The lowest BCUT2D eigenvalue weighted by Crippen LogP contribution is -2.36. The molecule has 3 amide bonds. The molecule has 140 valence electrons. The first kappa shape index (κ1) is 17.6. The van der Waals surface area contributed by atoms with Crippen molar-refractivity contribution in [2.24, 2.45) is 0 Å². The van der Waals surface area contributed by atoms with E-state index in [1.165, 1.54) is 16.2 Å². The number of nitrogens with zero attached hydrogens (tertiary/aromatic N) is 4. The third kappa shape index (κ3) is 3.42. The van der Waals surface area contributed by atoms with Crippen LogP contribution >= 0.6 is 11.3 Å². The molecule has 4 heterocycles. The highest BCUT2D eigenvalue weighted by Crippen LogP contribution is 2.38. The minimum Gasteiger partial charge on any atom is -0.337 e. The largest absolute Gasteiger partial charge is 0.337 e. The molecular formula is C18H19N5O3S. The fourth-order valence-corrected chi connectivity index (χ4v) is 4.70. The molecule has 0 saturated carbocycles. The molecule has 0 bridgehead atoms. The van der Waals surface area contributed by atoms with Gasteiger partial charge >= 0.3 is 0 Å². The number of aryl methyl sites for hydroxylation is 1. The number of amides is 3. The summed E-state index contributed by atoms with van der Waals surface area (Å²) in [5.74, 6) is -0.272. The van der Waals surface area contributed by atoms with Crippen LogP contribution in [0.4, 0.5) is 5.00 Å². The van der Waals surface area contributed by atoms with E-state index in [-0.39, 0.29) is 24.3 Å². The van der Waals surface area contributed by atoms with E-state index in [1.54, 1.807) is 25.6 Å². The normalized spacial score (nSPS) is 16.5. The highest BCUT2D eigenvalue weighted by atomic mass is 32.1. The summed E-state index contributed by atoms with van der Waals surface area (Å²) >= 11 is 1.40. The lowest BCUT2D eigenvalue weighted by molar-refractivity contribution is -0.132. The van der Waals surface area contributed by atoms with Gasteiger partial charge in [0.25, 0.3) is 5.91 Å². The standard InChI is InChI=1S/C18H19N5O3S/c1-22-10-14(24)21-17-16(18(22)26)12-4-7-23(9-13(12)27-17)15(25)3-2-11-8-19-5-6-20-11/h5-6,8H,2-4,7,9-10H2,1H3,(H,21,24). The number of carbonyl (C=O) groups excluding carboxylic acids is 3. The van der Waals surface area contributed by atoms with Crippen LogP contribution in [0, 0.1) is 0 Å². The van der Waals surface area contributed by atoms with E-state index in [4.69, 9.17) is 0 Å². The van der Waals surface area contributed by atoms with E-state index in [9.17, 15) is 14.4 Å². The molecule has 2 aliphatic heterocycles. The quantitative estimate of drug-likeness (QED) is 0.853. The molecule has 4 rings (SSSR count). The monoisotopic (exact) mass is 385 g/mol. The second kappa shape index (κ2) is 7.07. The molecule has 0 fully saturated rings. The third-order valence-corrected chi connectivity index (χ3v) is 5.95. The number of aromatic nitrogens is 2. The highest BCUT2D eigenvalue weighted by molar-refractivity contribution is 7.17. The van der Waals surface area contributed by atoms with Crippen molar-refractivity contribution in [3.05, 3.63) is 40.3 Å². The zero-order chi connectivity index (χ0) is 19.0. The van der Waals surface area contributed by atoms with Crippen LogP contribution in [0.3, 0.4) is 0 Å². The third-order valence-electron chi connectivity index (χ3n) is 4.82. The summed E-state index contributed by atoms with van der Waals surface area (Å²) in [6.07, 6.45) is 6.44. The Balaban J connectivity index is 1.49. The van der Waals surface area contributed by atoms with Crippen molar-refractivity contribution in [1.82, 2.24) is 19.8 Å². The summed E-state index contributed by atoms with van der Waals surface area (Å²) in [5, 5.41) is 3.43. The first-order chi connectivity index (χ1) is 13.0. The summed E-state index contributed by atoms with van der Waals surface area (Å²) in [7, 11) is 1.63. The van der Waals surface area contributed by atoms with Crippen molar-refractivity contribution in [1.29, 1.82) is 0 Å². The zero-order valence-electron chi connectivity index (χ0n) is 14.9. The van der Waals surface area contributed by atoms with E-state index in [0.29, 0.717) is 42.9 Å². The molecule has 1 N–H and O–H groups in total. The van der Waals surface area contributed by atoms with Gasteiger partial charge in [-0.15, -0.1) is 11.3 Å². The number of hydrogen-bond acceptors (Lipinski definition) is 6. The van der Waals surface area contributed by atoms with Gasteiger partial charge in [-0.25, -0.2) is 0 Å². The first-order valence-corrected chi connectivity index (χ1v) is 9.57. The number of carbonyl (C=O) groups is 3. The summed E-state index contributed by atoms with van der Waals surface area (Å²) in [6, 6.07) is 0. The van der Waals surface area contributed by atoms with Gasteiger partial charge in [0.15, 0.2) is 0 Å². The molecule has 2 aromatic heterocycles. The van der Waals surface area contributed by atoms with Gasteiger partial charge in [-0.05, 0) is 18.4 Å². The van der Waals surface area contributed by atoms with Crippen LogP contribution in [0.5, 0.6) is 0 Å². The molecule has 27 heavy (non-hydrogen) atoms. The van der Waals surface area contributed by atoms with E-state index in [1.807, 2.05) is 4.90 Å². The van der Waals surface area contributed by atoms with Gasteiger partial charge in [-0.3, -0.25) is 24.4 Å². The van der Waals surface area contributed by atoms with Crippen LogP contribution in [0.2, 0.25) is 0 Å². The zero-order valence-corrected chi connectivity index (χ0v) is 15.7. The first-order valence-electron chi connectivity index (χ1n) is 8.75. The molecule has 9 heteroatoms. The predicted octanol–water partition coefficient (Wildman–Crippen LogP) is 1.08. The number of fused-ring (bicyclic) bond motifs is 3. The number of nitrogens with one attached hydrogen (secondary N) is 1. The number of hydrogen-bond donors (Lipinski definition) is 1. The Bertz CT molecular complexity index is 911. The Morgan fingerprint density at radius 3 is 2.93 bits per heavy atom. The Labute approximate surface area is 160 Å². The summed E-state index contributed by atoms with van der Waals surface area (Å²) < 4.78 is 0. The molecule has 0 unspecified atom stereocenters. The second-order valence-electron chi connectivity index (χ2n) is 6.68. The molecule has 0 spiro atoms. The van der Waals surface area contributed by atoms with Gasteiger partial charge in [0.1, 0.15) is 5.00 Å². The molecule has 0 saturated heterocycles. The number of thiophene rings is 1. The summed E-state index contributed by atoms with van der Waals surface area (Å²) in [5.41, 5.74) is 2.35. The van der Waals surface area contributed by atoms with Gasteiger partial charge in [0.05, 0.1) is 24.3 Å². The van der Waals surface area contributed by atoms with Crippen LogP contribution in [0.25, 0.3) is 0 Å². The average molecular weight is 385 g/mol. The lowest BCUT2D eigenvalue weighted by Gasteiger charge is -2.27. The predicted molar refractivity (Wildman–Crippen MR) is 99.4 cm³/mol. The Kier molecular flexibility index (Phi) is 4.61. The number of rotatable bonds is 3.